The first-order valence-electron chi connectivity index (χ1n) is 5.19. The average Bonchev–Trinajstić information content (AvgIpc) is 2.24. The van der Waals surface area contributed by atoms with Crippen LogP contribution < -0.4 is 5.32 Å². The standard InChI is InChI=1S/C10H20N2O3S/c1-5-8(9(13)14)11-10(15)12(3)7(2)6-16-4/h7-8H,5-6H2,1-4H3,(H,11,15)(H,13,14)/t7?,8-/m0/s1. The maximum atomic E-state index is 11.7. The van der Waals surface area contributed by atoms with Gasteiger partial charge in [-0.2, -0.15) is 11.8 Å². The number of carbonyl (C=O) groups is 2. The molecule has 0 aliphatic carbocycles. The highest BCUT2D eigenvalue weighted by Gasteiger charge is 2.21. The molecule has 16 heavy (non-hydrogen) atoms. The SMILES string of the molecule is CC[C@H](NC(=O)N(C)C(C)CSC)C(=O)O. The molecule has 0 aromatic rings. The Morgan fingerprint density at radius 1 is 1.50 bits per heavy atom. The zero-order valence-electron chi connectivity index (χ0n) is 10.2. The van der Waals surface area contributed by atoms with E-state index in [9.17, 15) is 9.59 Å². The number of hydrogen-bond donors (Lipinski definition) is 2. The van der Waals surface area contributed by atoms with Crippen molar-refractivity contribution in [3.8, 4) is 0 Å². The fourth-order valence-electron chi connectivity index (χ4n) is 1.14. The van der Waals surface area contributed by atoms with E-state index >= 15 is 0 Å². The second kappa shape index (κ2) is 7.38. The van der Waals surface area contributed by atoms with Gasteiger partial charge in [0.2, 0.25) is 0 Å². The first kappa shape index (κ1) is 15.1. The Labute approximate surface area is 101 Å². The third-order valence-corrected chi connectivity index (χ3v) is 3.21. The van der Waals surface area contributed by atoms with Crippen molar-refractivity contribution in [2.75, 3.05) is 19.1 Å². The molecule has 0 aromatic carbocycles. The van der Waals surface area contributed by atoms with Crippen LogP contribution in [0.1, 0.15) is 20.3 Å². The van der Waals surface area contributed by atoms with Crippen molar-refractivity contribution >= 4 is 23.8 Å². The summed E-state index contributed by atoms with van der Waals surface area (Å²) in [6, 6.07) is -1.06. The van der Waals surface area contributed by atoms with Crippen LogP contribution >= 0.6 is 11.8 Å². The largest absolute Gasteiger partial charge is 0.480 e. The van der Waals surface area contributed by atoms with Gasteiger partial charge >= 0.3 is 12.0 Å². The van der Waals surface area contributed by atoms with Crippen molar-refractivity contribution < 1.29 is 14.7 Å². The van der Waals surface area contributed by atoms with Gasteiger partial charge in [0.15, 0.2) is 0 Å². The molecule has 0 saturated carbocycles. The lowest BCUT2D eigenvalue weighted by Gasteiger charge is -2.26. The van der Waals surface area contributed by atoms with E-state index < -0.39 is 12.0 Å². The number of rotatable bonds is 6. The predicted octanol–water partition coefficient (Wildman–Crippen LogP) is 1.24. The minimum Gasteiger partial charge on any atom is -0.480 e. The van der Waals surface area contributed by atoms with Crippen molar-refractivity contribution in [3.05, 3.63) is 0 Å². The highest BCUT2D eigenvalue weighted by Crippen LogP contribution is 2.04. The number of nitrogens with one attached hydrogen (secondary N) is 1. The molecule has 2 atom stereocenters. The number of carboxylic acid groups (broad SMARTS) is 1. The Morgan fingerprint density at radius 2 is 2.06 bits per heavy atom. The number of amides is 2. The Kier molecular flexibility index (Phi) is 6.96. The fraction of sp³-hybridized carbons (Fsp3) is 0.800. The maximum absolute atomic E-state index is 11.7. The van der Waals surface area contributed by atoms with Gasteiger partial charge in [0.05, 0.1) is 0 Å². The summed E-state index contributed by atoms with van der Waals surface area (Å²) in [5.41, 5.74) is 0. The minimum absolute atomic E-state index is 0.0845. The molecule has 94 valence electrons. The van der Waals surface area contributed by atoms with E-state index in [0.717, 1.165) is 5.75 Å². The molecule has 0 heterocycles. The van der Waals surface area contributed by atoms with Gasteiger partial charge in [0, 0.05) is 18.8 Å². The number of thioether (sulfide) groups is 1. The molecule has 6 heteroatoms. The van der Waals surface area contributed by atoms with Crippen LogP contribution in [0.4, 0.5) is 4.79 Å². The van der Waals surface area contributed by atoms with Gasteiger partial charge < -0.3 is 15.3 Å². The molecule has 0 bridgehead atoms. The quantitative estimate of drug-likeness (QED) is 0.742. The van der Waals surface area contributed by atoms with Crippen LogP contribution in [0.3, 0.4) is 0 Å². The molecule has 0 rings (SSSR count). The second-order valence-electron chi connectivity index (χ2n) is 3.66. The number of carbonyl (C=O) groups excluding carboxylic acids is 1. The molecule has 0 fully saturated rings. The van der Waals surface area contributed by atoms with E-state index in [4.69, 9.17) is 5.11 Å². The summed E-state index contributed by atoms with van der Waals surface area (Å²) in [4.78, 5) is 24.0. The zero-order chi connectivity index (χ0) is 12.7. The van der Waals surface area contributed by atoms with E-state index in [1.165, 1.54) is 4.90 Å². The van der Waals surface area contributed by atoms with E-state index in [0.29, 0.717) is 6.42 Å². The topological polar surface area (TPSA) is 69.6 Å². The molecule has 1 unspecified atom stereocenters. The average molecular weight is 248 g/mol. The number of nitrogens with zero attached hydrogens (tertiary/aromatic N) is 1. The monoisotopic (exact) mass is 248 g/mol. The summed E-state index contributed by atoms with van der Waals surface area (Å²) in [5.74, 6) is -0.171. The predicted molar refractivity (Wildman–Crippen MR) is 65.9 cm³/mol. The maximum Gasteiger partial charge on any atom is 0.326 e. The molecule has 2 amide bonds. The first-order chi connectivity index (χ1) is 7.43. The summed E-state index contributed by atoms with van der Waals surface area (Å²) < 4.78 is 0. The van der Waals surface area contributed by atoms with Crippen LogP contribution in [-0.2, 0) is 4.79 Å². The zero-order valence-corrected chi connectivity index (χ0v) is 11.0. The van der Waals surface area contributed by atoms with Gasteiger partial charge in [-0.1, -0.05) is 6.92 Å². The summed E-state index contributed by atoms with van der Waals surface area (Å²) >= 11 is 1.65. The Hall–Kier alpha value is -0.910. The van der Waals surface area contributed by atoms with Crippen molar-refractivity contribution in [3.63, 3.8) is 0 Å². The molecular weight excluding hydrogens is 228 g/mol. The summed E-state index contributed by atoms with van der Waals surface area (Å²) in [5, 5.41) is 11.3. The number of hydrogen-bond acceptors (Lipinski definition) is 3. The Bertz CT molecular complexity index is 248. The molecule has 5 nitrogen and oxygen atoms in total. The van der Waals surface area contributed by atoms with Gasteiger partial charge in [-0.25, -0.2) is 9.59 Å². The van der Waals surface area contributed by atoms with Crippen LogP contribution in [-0.4, -0.2) is 53.1 Å². The van der Waals surface area contributed by atoms with Crippen molar-refractivity contribution in [2.24, 2.45) is 0 Å². The molecular formula is C10H20N2O3S. The van der Waals surface area contributed by atoms with E-state index in [1.807, 2.05) is 13.2 Å². The molecule has 0 spiro atoms. The lowest BCUT2D eigenvalue weighted by atomic mass is 10.2. The first-order valence-corrected chi connectivity index (χ1v) is 6.58. The number of aliphatic carboxylic acids is 1. The summed E-state index contributed by atoms with van der Waals surface area (Å²) in [7, 11) is 1.67. The van der Waals surface area contributed by atoms with Crippen molar-refractivity contribution in [1.29, 1.82) is 0 Å². The molecule has 0 aliphatic heterocycles. The van der Waals surface area contributed by atoms with Gasteiger partial charge in [-0.05, 0) is 19.6 Å². The van der Waals surface area contributed by atoms with Crippen LogP contribution in [0.15, 0.2) is 0 Å². The highest BCUT2D eigenvalue weighted by molar-refractivity contribution is 7.98. The van der Waals surface area contributed by atoms with E-state index in [1.54, 1.807) is 25.7 Å². The van der Waals surface area contributed by atoms with Gasteiger partial charge in [-0.15, -0.1) is 0 Å². The van der Waals surface area contributed by atoms with Gasteiger partial charge in [0.25, 0.3) is 0 Å². The molecule has 0 saturated heterocycles. The lowest BCUT2D eigenvalue weighted by molar-refractivity contribution is -0.139. The fourth-order valence-corrected chi connectivity index (χ4v) is 1.85. The molecule has 0 aromatic heterocycles. The van der Waals surface area contributed by atoms with E-state index in [2.05, 4.69) is 5.32 Å². The van der Waals surface area contributed by atoms with Crippen LogP contribution in [0.2, 0.25) is 0 Å². The van der Waals surface area contributed by atoms with Crippen molar-refractivity contribution in [2.45, 2.75) is 32.4 Å². The second-order valence-corrected chi connectivity index (χ2v) is 4.57. The third kappa shape index (κ3) is 4.74. The van der Waals surface area contributed by atoms with Crippen molar-refractivity contribution in [1.82, 2.24) is 10.2 Å². The number of urea groups is 1. The van der Waals surface area contributed by atoms with Crippen LogP contribution in [0, 0.1) is 0 Å². The summed E-state index contributed by atoms with van der Waals surface area (Å²) in [6.07, 6.45) is 2.35. The van der Waals surface area contributed by atoms with Crippen LogP contribution in [0.5, 0.6) is 0 Å². The minimum atomic E-state index is -0.998. The molecule has 0 radical (unpaired) electrons. The lowest BCUT2D eigenvalue weighted by Crippen LogP contribution is -2.49. The smallest absolute Gasteiger partial charge is 0.326 e. The normalized spacial score (nSPS) is 14.0. The molecule has 2 N–H and O–H groups in total. The third-order valence-electron chi connectivity index (χ3n) is 2.39. The molecule has 0 aliphatic rings. The summed E-state index contributed by atoms with van der Waals surface area (Å²) in [6.45, 7) is 3.65. The Morgan fingerprint density at radius 3 is 2.44 bits per heavy atom. The van der Waals surface area contributed by atoms with Crippen LogP contribution in [0.25, 0.3) is 0 Å². The Balaban J connectivity index is 4.28. The van der Waals surface area contributed by atoms with Gasteiger partial charge in [-0.3, -0.25) is 0 Å². The number of carboxylic acids is 1. The van der Waals surface area contributed by atoms with E-state index in [-0.39, 0.29) is 12.1 Å². The van der Waals surface area contributed by atoms with Gasteiger partial charge in [0.1, 0.15) is 6.04 Å². The highest BCUT2D eigenvalue weighted by atomic mass is 32.2.